The van der Waals surface area contributed by atoms with Gasteiger partial charge in [0.15, 0.2) is 11.6 Å². The fourth-order valence-electron chi connectivity index (χ4n) is 1.18. The van der Waals surface area contributed by atoms with E-state index in [0.717, 1.165) is 18.0 Å². The van der Waals surface area contributed by atoms with E-state index in [4.69, 9.17) is 4.74 Å². The molecule has 1 N–H and O–H groups in total. The van der Waals surface area contributed by atoms with Crippen LogP contribution >= 0.6 is 0 Å². The van der Waals surface area contributed by atoms with Crippen molar-refractivity contribution in [2.24, 2.45) is 0 Å². The van der Waals surface area contributed by atoms with Gasteiger partial charge in [-0.3, -0.25) is 0 Å². The lowest BCUT2D eigenvalue weighted by molar-refractivity contribution is 0.242. The van der Waals surface area contributed by atoms with Crippen molar-refractivity contribution in [1.29, 1.82) is 0 Å². The topological polar surface area (TPSA) is 34.2 Å². The van der Waals surface area contributed by atoms with Crippen molar-refractivity contribution in [2.75, 3.05) is 5.32 Å². The van der Waals surface area contributed by atoms with Gasteiger partial charge in [0.25, 0.3) is 0 Å². The highest BCUT2D eigenvalue weighted by molar-refractivity contribution is 5.50. The Morgan fingerprint density at radius 2 is 2.13 bits per heavy atom. The molecule has 0 aliphatic heterocycles. The predicted octanol–water partition coefficient (Wildman–Crippen LogP) is 3.08. The molecule has 15 heavy (non-hydrogen) atoms. The summed E-state index contributed by atoms with van der Waals surface area (Å²) in [5.41, 5.74) is 0. The molecular weight excluding hydrogens is 188 g/mol. The fraction of sp³-hybridized carbons (Fsp3) is 0.583. The summed E-state index contributed by atoms with van der Waals surface area (Å²) in [7, 11) is 0. The summed E-state index contributed by atoms with van der Waals surface area (Å²) in [5.74, 6) is 1.66. The van der Waals surface area contributed by atoms with Gasteiger partial charge in [0, 0.05) is 12.2 Å². The Labute approximate surface area is 91.9 Å². The molecule has 1 heterocycles. The van der Waals surface area contributed by atoms with E-state index in [1.165, 1.54) is 0 Å². The standard InChI is InChI=1S/C12H20N2O/c1-5-10(4)14-12-11(15-9(2)3)7-6-8-13-12/h6-10H,5H2,1-4H3,(H,13,14). The lowest BCUT2D eigenvalue weighted by atomic mass is 10.2. The number of anilines is 1. The highest BCUT2D eigenvalue weighted by Gasteiger charge is 2.07. The summed E-state index contributed by atoms with van der Waals surface area (Å²) in [6.07, 6.45) is 3.02. The van der Waals surface area contributed by atoms with Crippen LogP contribution < -0.4 is 10.1 Å². The molecule has 0 aliphatic rings. The number of aromatic nitrogens is 1. The Morgan fingerprint density at radius 1 is 1.40 bits per heavy atom. The van der Waals surface area contributed by atoms with Crippen molar-refractivity contribution in [3.05, 3.63) is 18.3 Å². The molecule has 0 amide bonds. The minimum absolute atomic E-state index is 0.173. The Balaban J connectivity index is 2.76. The molecular formula is C12H20N2O. The Hall–Kier alpha value is -1.25. The van der Waals surface area contributed by atoms with Gasteiger partial charge in [0.05, 0.1) is 6.10 Å². The lowest BCUT2D eigenvalue weighted by Crippen LogP contribution is -2.16. The number of hydrogen-bond acceptors (Lipinski definition) is 3. The molecule has 3 heteroatoms. The number of nitrogens with zero attached hydrogens (tertiary/aromatic N) is 1. The highest BCUT2D eigenvalue weighted by atomic mass is 16.5. The largest absolute Gasteiger partial charge is 0.487 e. The van der Waals surface area contributed by atoms with E-state index < -0.39 is 0 Å². The monoisotopic (exact) mass is 208 g/mol. The second kappa shape index (κ2) is 5.59. The maximum atomic E-state index is 5.67. The van der Waals surface area contributed by atoms with Crippen LogP contribution in [0.3, 0.4) is 0 Å². The minimum Gasteiger partial charge on any atom is -0.487 e. The molecule has 1 rings (SSSR count). The van der Waals surface area contributed by atoms with Crippen LogP contribution in [0.2, 0.25) is 0 Å². The van der Waals surface area contributed by atoms with Gasteiger partial charge in [-0.1, -0.05) is 6.92 Å². The molecule has 1 aromatic rings. The van der Waals surface area contributed by atoms with Crippen molar-refractivity contribution in [1.82, 2.24) is 4.98 Å². The van der Waals surface area contributed by atoms with E-state index in [2.05, 4.69) is 24.1 Å². The Bertz CT molecular complexity index is 299. The van der Waals surface area contributed by atoms with Gasteiger partial charge in [-0.15, -0.1) is 0 Å². The smallest absolute Gasteiger partial charge is 0.168 e. The lowest BCUT2D eigenvalue weighted by Gasteiger charge is -2.17. The zero-order valence-corrected chi connectivity index (χ0v) is 9.95. The second-order valence-electron chi connectivity index (χ2n) is 3.97. The van der Waals surface area contributed by atoms with Gasteiger partial charge in [0.1, 0.15) is 0 Å². The fourth-order valence-corrected chi connectivity index (χ4v) is 1.18. The zero-order valence-electron chi connectivity index (χ0n) is 9.95. The van der Waals surface area contributed by atoms with Gasteiger partial charge < -0.3 is 10.1 Å². The molecule has 84 valence electrons. The number of nitrogens with one attached hydrogen (secondary N) is 1. The van der Waals surface area contributed by atoms with Crippen molar-refractivity contribution in [3.8, 4) is 5.75 Å². The van der Waals surface area contributed by atoms with Gasteiger partial charge in [-0.25, -0.2) is 4.98 Å². The van der Waals surface area contributed by atoms with E-state index in [1.807, 2.05) is 26.0 Å². The van der Waals surface area contributed by atoms with Crippen LogP contribution in [0.1, 0.15) is 34.1 Å². The molecule has 0 aromatic carbocycles. The molecule has 3 nitrogen and oxygen atoms in total. The summed E-state index contributed by atoms with van der Waals surface area (Å²) in [5, 5.41) is 3.33. The molecule has 0 fully saturated rings. The zero-order chi connectivity index (χ0) is 11.3. The summed E-state index contributed by atoms with van der Waals surface area (Å²) in [6, 6.07) is 4.24. The molecule has 1 unspecified atom stereocenters. The first-order valence-electron chi connectivity index (χ1n) is 5.51. The first-order valence-corrected chi connectivity index (χ1v) is 5.51. The van der Waals surface area contributed by atoms with E-state index in [0.29, 0.717) is 6.04 Å². The molecule has 0 saturated carbocycles. The molecule has 0 saturated heterocycles. The molecule has 0 spiro atoms. The van der Waals surface area contributed by atoms with E-state index >= 15 is 0 Å². The normalized spacial score (nSPS) is 12.6. The van der Waals surface area contributed by atoms with Crippen LogP contribution in [0.4, 0.5) is 5.82 Å². The third-order valence-electron chi connectivity index (χ3n) is 2.13. The average Bonchev–Trinajstić information content (AvgIpc) is 2.20. The molecule has 1 atom stereocenters. The third kappa shape index (κ3) is 3.78. The maximum Gasteiger partial charge on any atom is 0.168 e. The summed E-state index contributed by atoms with van der Waals surface area (Å²) >= 11 is 0. The molecule has 0 aliphatic carbocycles. The minimum atomic E-state index is 0.173. The van der Waals surface area contributed by atoms with Crippen LogP contribution in [-0.4, -0.2) is 17.1 Å². The Kier molecular flexibility index (Phi) is 4.40. The van der Waals surface area contributed by atoms with E-state index in [1.54, 1.807) is 6.20 Å². The Morgan fingerprint density at radius 3 is 2.73 bits per heavy atom. The first kappa shape index (κ1) is 11.8. The van der Waals surface area contributed by atoms with E-state index in [9.17, 15) is 0 Å². The molecule has 0 bridgehead atoms. The SMILES string of the molecule is CCC(C)Nc1ncccc1OC(C)C. The summed E-state index contributed by atoms with van der Waals surface area (Å²) in [4.78, 5) is 4.28. The molecule has 1 aromatic heterocycles. The van der Waals surface area contributed by atoms with Crippen molar-refractivity contribution in [3.63, 3.8) is 0 Å². The van der Waals surface area contributed by atoms with Gasteiger partial charge >= 0.3 is 0 Å². The molecule has 0 radical (unpaired) electrons. The maximum absolute atomic E-state index is 5.67. The third-order valence-corrected chi connectivity index (χ3v) is 2.13. The number of rotatable bonds is 5. The van der Waals surface area contributed by atoms with Gasteiger partial charge in [0.2, 0.25) is 0 Å². The number of hydrogen-bond donors (Lipinski definition) is 1. The predicted molar refractivity (Wildman–Crippen MR) is 63.4 cm³/mol. The summed E-state index contributed by atoms with van der Waals surface area (Å²) < 4.78 is 5.67. The van der Waals surface area contributed by atoms with Crippen LogP contribution in [0, 0.1) is 0 Å². The van der Waals surface area contributed by atoms with Crippen molar-refractivity contribution < 1.29 is 4.74 Å². The van der Waals surface area contributed by atoms with Crippen LogP contribution in [-0.2, 0) is 0 Å². The van der Waals surface area contributed by atoms with Crippen LogP contribution in [0.25, 0.3) is 0 Å². The first-order chi connectivity index (χ1) is 7.13. The number of pyridine rings is 1. The van der Waals surface area contributed by atoms with Crippen molar-refractivity contribution >= 4 is 5.82 Å². The van der Waals surface area contributed by atoms with Crippen molar-refractivity contribution in [2.45, 2.75) is 46.3 Å². The summed E-state index contributed by atoms with van der Waals surface area (Å²) in [6.45, 7) is 8.30. The van der Waals surface area contributed by atoms with Gasteiger partial charge in [-0.2, -0.15) is 0 Å². The number of ether oxygens (including phenoxy) is 1. The van der Waals surface area contributed by atoms with Crippen LogP contribution in [0.15, 0.2) is 18.3 Å². The average molecular weight is 208 g/mol. The highest BCUT2D eigenvalue weighted by Crippen LogP contribution is 2.22. The quantitative estimate of drug-likeness (QED) is 0.807. The van der Waals surface area contributed by atoms with Crippen LogP contribution in [0.5, 0.6) is 5.75 Å². The van der Waals surface area contributed by atoms with E-state index in [-0.39, 0.29) is 6.10 Å². The second-order valence-corrected chi connectivity index (χ2v) is 3.97. The van der Waals surface area contributed by atoms with Gasteiger partial charge in [-0.05, 0) is 39.3 Å².